The number of ether oxygens (including phenoxy) is 1. The molecule has 2 amide bonds. The van der Waals surface area contributed by atoms with Crippen LogP contribution in [-0.2, 0) is 31.8 Å². The summed E-state index contributed by atoms with van der Waals surface area (Å²) in [6.07, 6.45) is 4.38. The molecule has 0 aliphatic carbocycles. The third-order valence-corrected chi connectivity index (χ3v) is 10.6. The Morgan fingerprint density at radius 2 is 1.63 bits per heavy atom. The Morgan fingerprint density at radius 1 is 0.885 bits per heavy atom. The average molecular weight is 697 g/mol. The molecule has 1 saturated heterocycles. The molecule has 0 bridgehead atoms. The zero-order chi connectivity index (χ0) is 35.9. The van der Waals surface area contributed by atoms with Crippen molar-refractivity contribution in [3.8, 4) is 11.3 Å². The first-order chi connectivity index (χ1) is 25.3. The highest BCUT2D eigenvalue weighted by molar-refractivity contribution is 6.13. The smallest absolute Gasteiger partial charge is 0.264 e. The van der Waals surface area contributed by atoms with Crippen molar-refractivity contribution < 1.29 is 18.7 Å². The monoisotopic (exact) mass is 696 g/mol. The summed E-state index contributed by atoms with van der Waals surface area (Å²) >= 11 is 0. The van der Waals surface area contributed by atoms with Crippen LogP contribution in [0.1, 0.15) is 37.5 Å². The Morgan fingerprint density at radius 3 is 2.42 bits per heavy atom. The van der Waals surface area contributed by atoms with Gasteiger partial charge in [-0.3, -0.25) is 19.4 Å². The molecule has 1 atom stereocenters. The lowest BCUT2D eigenvalue weighted by Gasteiger charge is -2.40. The number of rotatable bonds is 7. The molecule has 0 N–H and O–H groups in total. The number of fused-ring (bicyclic) bond motifs is 2. The molecule has 8 rings (SSSR count). The van der Waals surface area contributed by atoms with Gasteiger partial charge in [-0.25, -0.2) is 9.37 Å². The van der Waals surface area contributed by atoms with Gasteiger partial charge in [0.2, 0.25) is 0 Å². The number of hydrogen-bond donors (Lipinski definition) is 0. The van der Waals surface area contributed by atoms with E-state index in [4.69, 9.17) is 4.74 Å². The highest BCUT2D eigenvalue weighted by Crippen LogP contribution is 2.35. The van der Waals surface area contributed by atoms with Gasteiger partial charge in [-0.2, -0.15) is 0 Å². The van der Waals surface area contributed by atoms with Gasteiger partial charge in [0, 0.05) is 86.1 Å². The molecule has 0 spiro atoms. The van der Waals surface area contributed by atoms with Crippen LogP contribution in [-0.4, -0.2) is 74.6 Å². The van der Waals surface area contributed by atoms with E-state index in [1.807, 2.05) is 95.8 Å². The Hall–Kier alpha value is -5.58. The first-order valence-electron chi connectivity index (χ1n) is 17.7. The first kappa shape index (κ1) is 33.6. The van der Waals surface area contributed by atoms with Gasteiger partial charge >= 0.3 is 0 Å². The fourth-order valence-corrected chi connectivity index (χ4v) is 7.66. The zero-order valence-corrected chi connectivity index (χ0v) is 29.6. The molecule has 52 heavy (non-hydrogen) atoms. The third-order valence-electron chi connectivity index (χ3n) is 10.6. The normalized spacial score (nSPS) is 16.2. The molecule has 10 heteroatoms. The fraction of sp³-hybridized carbons (Fsp3) is 0.262. The van der Waals surface area contributed by atoms with E-state index in [9.17, 15) is 9.59 Å². The minimum absolute atomic E-state index is 0.0688. The Bertz CT molecular complexity index is 2290. The van der Waals surface area contributed by atoms with Crippen molar-refractivity contribution in [3.63, 3.8) is 0 Å². The highest BCUT2D eigenvalue weighted by atomic mass is 19.1. The number of morpholine rings is 1. The summed E-state index contributed by atoms with van der Waals surface area (Å²) in [6, 6.07) is 27.7. The molecule has 3 aromatic heterocycles. The van der Waals surface area contributed by atoms with Gasteiger partial charge in [-0.15, -0.1) is 0 Å². The van der Waals surface area contributed by atoms with Gasteiger partial charge < -0.3 is 18.8 Å². The molecule has 0 saturated carbocycles. The topological polar surface area (TPSA) is 75.8 Å². The lowest BCUT2D eigenvalue weighted by atomic mass is 9.92. The summed E-state index contributed by atoms with van der Waals surface area (Å²) in [6.45, 7) is 6.04. The minimum atomic E-state index is -0.458. The van der Waals surface area contributed by atoms with Crippen molar-refractivity contribution in [3.05, 3.63) is 137 Å². The van der Waals surface area contributed by atoms with Crippen LogP contribution in [0.5, 0.6) is 0 Å². The van der Waals surface area contributed by atoms with Crippen molar-refractivity contribution in [2.75, 3.05) is 37.7 Å². The number of aromatic nitrogens is 3. The largest absolute Gasteiger partial charge is 0.379 e. The maximum Gasteiger partial charge on any atom is 0.264 e. The molecular weight excluding hydrogens is 655 g/mol. The second-order valence-corrected chi connectivity index (χ2v) is 13.8. The maximum absolute atomic E-state index is 15.2. The molecule has 9 nitrogen and oxygen atoms in total. The third kappa shape index (κ3) is 6.18. The number of anilines is 2. The quantitative estimate of drug-likeness (QED) is 0.182. The lowest BCUT2D eigenvalue weighted by molar-refractivity contribution is 0.0193. The van der Waals surface area contributed by atoms with E-state index < -0.39 is 5.82 Å². The number of halogens is 1. The number of nitrogens with zero attached hydrogens (tertiary/aromatic N) is 6. The second kappa shape index (κ2) is 13.9. The number of hydrogen-bond acceptors (Lipinski definition) is 5. The van der Waals surface area contributed by atoms with E-state index in [0.717, 1.165) is 42.7 Å². The Balaban J connectivity index is 1.18. The molecule has 0 radical (unpaired) electrons. The predicted octanol–water partition coefficient (Wildman–Crippen LogP) is 6.90. The number of pyridine rings is 1. The van der Waals surface area contributed by atoms with Crippen LogP contribution in [0.25, 0.3) is 22.3 Å². The number of carbonyl (C=O) groups is 2. The summed E-state index contributed by atoms with van der Waals surface area (Å²) in [5.41, 5.74) is 7.03. The van der Waals surface area contributed by atoms with Gasteiger partial charge in [-0.1, -0.05) is 42.5 Å². The van der Waals surface area contributed by atoms with Crippen molar-refractivity contribution >= 4 is 34.2 Å². The van der Waals surface area contributed by atoms with E-state index >= 15 is 4.39 Å². The van der Waals surface area contributed by atoms with Crippen molar-refractivity contribution in [2.24, 2.45) is 14.1 Å². The van der Waals surface area contributed by atoms with E-state index in [-0.39, 0.29) is 17.9 Å². The molecule has 3 aromatic carbocycles. The van der Waals surface area contributed by atoms with Gasteiger partial charge in [0.25, 0.3) is 11.8 Å². The van der Waals surface area contributed by atoms with Crippen LogP contribution in [0.4, 0.5) is 15.8 Å². The summed E-state index contributed by atoms with van der Waals surface area (Å²) < 4.78 is 24.6. The number of benzene rings is 3. The van der Waals surface area contributed by atoms with Gasteiger partial charge in [0.05, 0.1) is 30.7 Å². The summed E-state index contributed by atoms with van der Waals surface area (Å²) in [5.74, 6) is -0.881. The molecule has 0 unspecified atom stereocenters. The predicted molar refractivity (Wildman–Crippen MR) is 200 cm³/mol. The molecular formula is C42H41FN6O3. The summed E-state index contributed by atoms with van der Waals surface area (Å²) in [4.78, 5) is 40.1. The minimum Gasteiger partial charge on any atom is -0.379 e. The Labute approximate surface area is 302 Å². The van der Waals surface area contributed by atoms with Crippen LogP contribution >= 0.6 is 0 Å². The number of carbonyl (C=O) groups excluding carboxylic acids is 2. The zero-order valence-electron chi connectivity index (χ0n) is 29.6. The summed E-state index contributed by atoms with van der Waals surface area (Å²) in [7, 11) is 3.79. The molecule has 6 aromatic rings. The molecule has 1 fully saturated rings. The van der Waals surface area contributed by atoms with Crippen LogP contribution in [0.3, 0.4) is 0 Å². The molecule has 264 valence electrons. The van der Waals surface area contributed by atoms with Crippen molar-refractivity contribution in [1.29, 1.82) is 0 Å². The van der Waals surface area contributed by atoms with Crippen LogP contribution < -0.4 is 4.90 Å². The average Bonchev–Trinajstić information content (AvgIpc) is 3.69. The maximum atomic E-state index is 15.2. The number of para-hydroxylation sites is 1. The van der Waals surface area contributed by atoms with Crippen LogP contribution in [0, 0.1) is 12.7 Å². The standard InChI is InChI=1S/C42H41FN6O3/c1-28-37(42(51)49(33-11-5-4-6-12-33)34-22-30-15-16-45(2)40(30)44-25-34)24-39(46(28)3)38-23-32(43)13-14-36(38)41(50)48-26-31-10-8-7-9-29(31)21-35(48)27-47-17-19-52-20-18-47/h4-16,22-25,35H,17-21,26-27H2,1-3H3/t35-/m0/s1. The molecule has 2 aliphatic heterocycles. The van der Waals surface area contributed by atoms with E-state index in [2.05, 4.69) is 22.0 Å². The first-order valence-corrected chi connectivity index (χ1v) is 17.7. The fourth-order valence-electron chi connectivity index (χ4n) is 7.66. The summed E-state index contributed by atoms with van der Waals surface area (Å²) in [5, 5.41) is 0.911. The van der Waals surface area contributed by atoms with Gasteiger partial charge in [0.15, 0.2) is 0 Å². The number of aryl methyl sites for hydroxylation is 1. The molecule has 2 aliphatic rings. The van der Waals surface area contributed by atoms with Crippen LogP contribution in [0.15, 0.2) is 103 Å². The van der Waals surface area contributed by atoms with Crippen molar-refractivity contribution in [1.82, 2.24) is 23.9 Å². The van der Waals surface area contributed by atoms with Gasteiger partial charge in [0.1, 0.15) is 11.5 Å². The van der Waals surface area contributed by atoms with E-state index in [0.29, 0.717) is 59.2 Å². The van der Waals surface area contributed by atoms with Crippen LogP contribution in [0.2, 0.25) is 0 Å². The Kier molecular flexibility index (Phi) is 8.94. The number of amides is 2. The van der Waals surface area contributed by atoms with E-state index in [1.165, 1.54) is 17.7 Å². The lowest BCUT2D eigenvalue weighted by Crippen LogP contribution is -2.52. The van der Waals surface area contributed by atoms with E-state index in [1.54, 1.807) is 23.2 Å². The van der Waals surface area contributed by atoms with Crippen molar-refractivity contribution in [2.45, 2.75) is 25.9 Å². The highest BCUT2D eigenvalue weighted by Gasteiger charge is 2.34. The molecule has 5 heterocycles. The van der Waals surface area contributed by atoms with Gasteiger partial charge in [-0.05, 0) is 73.0 Å². The second-order valence-electron chi connectivity index (χ2n) is 13.8. The SMILES string of the molecule is Cc1c(C(=O)N(c2ccccc2)c2cnc3c(ccn3C)c2)cc(-c2cc(F)ccc2C(=O)N2Cc3ccccc3C[C@H]2CN2CCOCC2)n1C.